The van der Waals surface area contributed by atoms with Crippen LogP contribution in [0.15, 0.2) is 12.1 Å². The van der Waals surface area contributed by atoms with Gasteiger partial charge < -0.3 is 15.0 Å². The van der Waals surface area contributed by atoms with Crippen LogP contribution in [0.5, 0.6) is 0 Å². The van der Waals surface area contributed by atoms with Crippen LogP contribution < -0.4 is 5.73 Å². The number of hydrogen-bond acceptors (Lipinski definition) is 3. The molecule has 1 atom stereocenters. The van der Waals surface area contributed by atoms with Gasteiger partial charge in [-0.1, -0.05) is 0 Å². The predicted octanol–water partition coefficient (Wildman–Crippen LogP) is 2.03. The van der Waals surface area contributed by atoms with Gasteiger partial charge >= 0.3 is 0 Å². The van der Waals surface area contributed by atoms with E-state index in [0.717, 1.165) is 12.5 Å². The Balaban J connectivity index is 2.31. The van der Waals surface area contributed by atoms with Crippen LogP contribution in [-0.4, -0.2) is 22.8 Å². The van der Waals surface area contributed by atoms with Crippen molar-refractivity contribution in [2.75, 3.05) is 18.9 Å². The summed E-state index contributed by atoms with van der Waals surface area (Å²) in [7, 11) is 0. The van der Waals surface area contributed by atoms with Gasteiger partial charge in [-0.2, -0.15) is 0 Å². The van der Waals surface area contributed by atoms with Crippen molar-refractivity contribution in [3.05, 3.63) is 23.8 Å². The number of imidazole rings is 1. The topological polar surface area (TPSA) is 53.1 Å². The van der Waals surface area contributed by atoms with Gasteiger partial charge in [0.2, 0.25) is 5.95 Å². The molecule has 1 aliphatic heterocycles. The Kier molecular flexibility index (Phi) is 2.31. The number of benzene rings is 1. The molecule has 0 amide bonds. The third kappa shape index (κ3) is 1.49. The molecule has 1 saturated heterocycles. The van der Waals surface area contributed by atoms with Crippen LogP contribution in [0.1, 0.15) is 13.3 Å². The number of anilines is 1. The highest BCUT2D eigenvalue weighted by Crippen LogP contribution is 2.34. The molecule has 0 bridgehead atoms. The zero-order valence-corrected chi connectivity index (χ0v) is 9.91. The summed E-state index contributed by atoms with van der Waals surface area (Å²) in [6.45, 7) is 3.01. The van der Waals surface area contributed by atoms with Gasteiger partial charge in [0.25, 0.3) is 0 Å². The standard InChI is InChI=1S/C12H13F2N3O/c1-12(2-3-18-6-12)17-9-5-7(13)4-8(14)10(9)16-11(17)15/h4-5H,2-3,6H2,1H3,(H2,15,16). The Labute approximate surface area is 102 Å². The fraction of sp³-hybridized carbons (Fsp3) is 0.417. The van der Waals surface area contributed by atoms with E-state index in [1.54, 1.807) is 4.57 Å². The minimum Gasteiger partial charge on any atom is -0.379 e. The van der Waals surface area contributed by atoms with E-state index in [1.807, 2.05) is 6.92 Å². The van der Waals surface area contributed by atoms with Gasteiger partial charge in [0, 0.05) is 18.7 Å². The maximum Gasteiger partial charge on any atom is 0.201 e. The minimum atomic E-state index is -0.696. The van der Waals surface area contributed by atoms with Gasteiger partial charge in [0.15, 0.2) is 5.82 Å². The monoisotopic (exact) mass is 253 g/mol. The van der Waals surface area contributed by atoms with Crippen molar-refractivity contribution in [2.24, 2.45) is 0 Å². The second kappa shape index (κ2) is 3.65. The molecule has 1 fully saturated rings. The number of rotatable bonds is 1. The normalized spacial score (nSPS) is 23.9. The molecule has 0 saturated carbocycles. The third-order valence-electron chi connectivity index (χ3n) is 3.44. The Morgan fingerprint density at radius 1 is 1.44 bits per heavy atom. The highest BCUT2D eigenvalue weighted by Gasteiger charge is 2.35. The smallest absolute Gasteiger partial charge is 0.201 e. The lowest BCUT2D eigenvalue weighted by atomic mass is 10.0. The highest BCUT2D eigenvalue weighted by molar-refractivity contribution is 5.79. The first-order chi connectivity index (χ1) is 8.51. The molecule has 4 nitrogen and oxygen atoms in total. The number of fused-ring (bicyclic) bond motifs is 1. The number of nitrogens with zero attached hydrogens (tertiary/aromatic N) is 2. The van der Waals surface area contributed by atoms with Crippen LogP contribution in [0.4, 0.5) is 14.7 Å². The van der Waals surface area contributed by atoms with Crippen molar-refractivity contribution < 1.29 is 13.5 Å². The first kappa shape index (κ1) is 11.4. The maximum atomic E-state index is 13.6. The summed E-state index contributed by atoms with van der Waals surface area (Å²) in [6, 6.07) is 2.07. The molecular formula is C12H13F2N3O. The molecule has 0 radical (unpaired) electrons. The molecule has 0 spiro atoms. The number of nitrogens with two attached hydrogens (primary N) is 1. The van der Waals surface area contributed by atoms with Crippen LogP contribution in [0.3, 0.4) is 0 Å². The predicted molar refractivity (Wildman–Crippen MR) is 63.1 cm³/mol. The van der Waals surface area contributed by atoms with Gasteiger partial charge in [-0.05, 0) is 13.3 Å². The second-order valence-electron chi connectivity index (χ2n) is 4.86. The van der Waals surface area contributed by atoms with Crippen molar-refractivity contribution in [1.29, 1.82) is 0 Å². The van der Waals surface area contributed by atoms with E-state index < -0.39 is 17.2 Å². The van der Waals surface area contributed by atoms with Crippen LogP contribution in [0.25, 0.3) is 11.0 Å². The SMILES string of the molecule is CC1(n2c(N)nc3c(F)cc(F)cc32)CCOC1. The number of halogens is 2. The van der Waals surface area contributed by atoms with E-state index >= 15 is 0 Å². The van der Waals surface area contributed by atoms with Gasteiger partial charge in [-0.25, -0.2) is 13.8 Å². The number of aromatic nitrogens is 2. The fourth-order valence-electron chi connectivity index (χ4n) is 2.52. The van der Waals surface area contributed by atoms with Crippen LogP contribution >= 0.6 is 0 Å². The Morgan fingerprint density at radius 3 is 2.89 bits per heavy atom. The van der Waals surface area contributed by atoms with Gasteiger partial charge in [0.1, 0.15) is 11.3 Å². The number of hydrogen-bond donors (Lipinski definition) is 1. The van der Waals surface area contributed by atoms with Crippen molar-refractivity contribution in [3.8, 4) is 0 Å². The molecule has 96 valence electrons. The van der Waals surface area contributed by atoms with E-state index in [-0.39, 0.29) is 11.5 Å². The van der Waals surface area contributed by atoms with Gasteiger partial charge in [-0.3, -0.25) is 0 Å². The lowest BCUT2D eigenvalue weighted by Crippen LogP contribution is -2.31. The summed E-state index contributed by atoms with van der Waals surface area (Å²) in [5.74, 6) is -1.15. The summed E-state index contributed by atoms with van der Waals surface area (Å²) in [6.07, 6.45) is 0.737. The van der Waals surface area contributed by atoms with E-state index in [0.29, 0.717) is 18.7 Å². The summed E-state index contributed by atoms with van der Waals surface area (Å²) in [5, 5.41) is 0. The Hall–Kier alpha value is -1.69. The molecule has 1 aliphatic rings. The summed E-state index contributed by atoms with van der Waals surface area (Å²) in [5.41, 5.74) is 5.91. The fourth-order valence-corrected chi connectivity index (χ4v) is 2.52. The van der Waals surface area contributed by atoms with Crippen LogP contribution in [0.2, 0.25) is 0 Å². The summed E-state index contributed by atoms with van der Waals surface area (Å²) < 4.78 is 34.0. The quantitative estimate of drug-likeness (QED) is 0.846. The van der Waals surface area contributed by atoms with Gasteiger partial charge in [0.05, 0.1) is 17.7 Å². The molecule has 2 aromatic rings. The lowest BCUT2D eigenvalue weighted by Gasteiger charge is -2.25. The molecule has 18 heavy (non-hydrogen) atoms. The Bertz CT molecular complexity index is 617. The number of nitrogen functional groups attached to an aromatic ring is 1. The average molecular weight is 253 g/mol. The van der Waals surface area contributed by atoms with E-state index in [1.165, 1.54) is 6.07 Å². The molecular weight excluding hydrogens is 240 g/mol. The molecule has 1 aromatic carbocycles. The zero-order valence-electron chi connectivity index (χ0n) is 9.91. The van der Waals surface area contributed by atoms with Crippen molar-refractivity contribution in [3.63, 3.8) is 0 Å². The highest BCUT2D eigenvalue weighted by atomic mass is 19.1. The second-order valence-corrected chi connectivity index (χ2v) is 4.86. The molecule has 1 unspecified atom stereocenters. The van der Waals surface area contributed by atoms with E-state index in [9.17, 15) is 8.78 Å². The van der Waals surface area contributed by atoms with E-state index in [2.05, 4.69) is 4.98 Å². The zero-order chi connectivity index (χ0) is 12.9. The minimum absolute atomic E-state index is 0.0991. The molecule has 6 heteroatoms. The third-order valence-corrected chi connectivity index (χ3v) is 3.44. The first-order valence-corrected chi connectivity index (χ1v) is 5.72. The first-order valence-electron chi connectivity index (χ1n) is 5.72. The van der Waals surface area contributed by atoms with Crippen molar-refractivity contribution in [2.45, 2.75) is 18.9 Å². The van der Waals surface area contributed by atoms with E-state index in [4.69, 9.17) is 10.5 Å². The molecule has 2 N–H and O–H groups in total. The summed E-state index contributed by atoms with van der Waals surface area (Å²) >= 11 is 0. The van der Waals surface area contributed by atoms with Crippen molar-refractivity contribution >= 4 is 17.0 Å². The lowest BCUT2D eigenvalue weighted by molar-refractivity contribution is 0.164. The molecule has 0 aliphatic carbocycles. The van der Waals surface area contributed by atoms with Gasteiger partial charge in [-0.15, -0.1) is 0 Å². The van der Waals surface area contributed by atoms with Crippen molar-refractivity contribution in [1.82, 2.24) is 9.55 Å². The van der Waals surface area contributed by atoms with Crippen LogP contribution in [0, 0.1) is 11.6 Å². The number of ether oxygens (including phenoxy) is 1. The largest absolute Gasteiger partial charge is 0.379 e. The maximum absolute atomic E-state index is 13.6. The molecule has 2 heterocycles. The summed E-state index contributed by atoms with van der Waals surface area (Å²) in [4.78, 5) is 3.99. The molecule has 3 rings (SSSR count). The average Bonchev–Trinajstić information content (AvgIpc) is 2.83. The molecule has 1 aromatic heterocycles. The van der Waals surface area contributed by atoms with Crippen LogP contribution in [-0.2, 0) is 10.3 Å². The Morgan fingerprint density at radius 2 is 2.22 bits per heavy atom.